The number of hydrogen-bond donors (Lipinski definition) is 1. The van der Waals surface area contributed by atoms with Crippen LogP contribution in [0.4, 0.5) is 11.8 Å². The number of hydrogen-bond acceptors (Lipinski definition) is 4. The summed E-state index contributed by atoms with van der Waals surface area (Å²) in [7, 11) is 2.09. The largest absolute Gasteiger partial charge is 0.360 e. The second kappa shape index (κ2) is 8.65. The normalized spacial score (nSPS) is 14.7. The summed E-state index contributed by atoms with van der Waals surface area (Å²) in [4.78, 5) is 11.1. The number of rotatable bonds is 8. The van der Waals surface area contributed by atoms with Gasteiger partial charge in [-0.25, -0.2) is 4.98 Å². The number of nitrogens with one attached hydrogen (secondary N) is 1. The van der Waals surface area contributed by atoms with Gasteiger partial charge < -0.3 is 10.2 Å². The second-order valence-electron chi connectivity index (χ2n) is 5.80. The van der Waals surface area contributed by atoms with Gasteiger partial charge >= 0.3 is 0 Å². The Labute approximate surface area is 128 Å². The molecule has 0 spiro atoms. The fourth-order valence-electron chi connectivity index (χ4n) is 2.62. The van der Waals surface area contributed by atoms with E-state index in [1.807, 2.05) is 12.3 Å². The second-order valence-corrected chi connectivity index (χ2v) is 5.80. The summed E-state index contributed by atoms with van der Waals surface area (Å²) in [6.45, 7) is 4.18. The highest BCUT2D eigenvalue weighted by atomic mass is 15.2. The van der Waals surface area contributed by atoms with Crippen LogP contribution in [-0.2, 0) is 0 Å². The molecule has 0 bridgehead atoms. The predicted octanol–water partition coefficient (Wildman–Crippen LogP) is 4.02. The Balaban J connectivity index is 1.81. The molecule has 0 aliphatic heterocycles. The average molecular weight is 288 g/mol. The molecule has 0 unspecified atom stereocenters. The van der Waals surface area contributed by atoms with Crippen LogP contribution in [0, 0.1) is 0 Å². The summed E-state index contributed by atoms with van der Waals surface area (Å²) in [5, 5.41) is 3.35. The van der Waals surface area contributed by atoms with E-state index in [1.165, 1.54) is 38.5 Å². The van der Waals surface area contributed by atoms with E-state index >= 15 is 0 Å². The van der Waals surface area contributed by atoms with Crippen molar-refractivity contribution in [1.29, 1.82) is 0 Å². The van der Waals surface area contributed by atoms with Crippen LogP contribution in [-0.4, -0.2) is 30.1 Å². The third-order valence-electron chi connectivity index (χ3n) is 3.99. The summed E-state index contributed by atoms with van der Waals surface area (Å²) in [6.07, 6.45) is 13.0. The Hall–Kier alpha value is -1.58. The Kier molecular flexibility index (Phi) is 6.51. The van der Waals surface area contributed by atoms with Gasteiger partial charge in [0, 0.05) is 26.3 Å². The molecule has 1 aromatic heterocycles. The molecular weight excluding hydrogens is 260 g/mol. The molecule has 116 valence electrons. The number of anilines is 2. The molecule has 1 aliphatic carbocycles. The first-order valence-electron chi connectivity index (χ1n) is 8.25. The predicted molar refractivity (Wildman–Crippen MR) is 89.9 cm³/mol. The summed E-state index contributed by atoms with van der Waals surface area (Å²) < 4.78 is 0. The number of unbranched alkanes of at least 4 members (excludes halogenated alkanes) is 1. The van der Waals surface area contributed by atoms with Crippen LogP contribution < -0.4 is 10.2 Å². The maximum atomic E-state index is 4.59. The van der Waals surface area contributed by atoms with E-state index in [1.54, 1.807) is 5.57 Å². The van der Waals surface area contributed by atoms with Crippen LogP contribution in [0.3, 0.4) is 0 Å². The van der Waals surface area contributed by atoms with Crippen LogP contribution in [0.25, 0.3) is 0 Å². The van der Waals surface area contributed by atoms with E-state index in [9.17, 15) is 0 Å². The van der Waals surface area contributed by atoms with Gasteiger partial charge in [0.05, 0.1) is 0 Å². The third kappa shape index (κ3) is 5.37. The van der Waals surface area contributed by atoms with Crippen molar-refractivity contribution in [2.45, 2.75) is 51.9 Å². The molecule has 1 heterocycles. The molecule has 0 atom stereocenters. The maximum absolute atomic E-state index is 4.59. The molecule has 0 radical (unpaired) electrons. The van der Waals surface area contributed by atoms with Crippen molar-refractivity contribution in [3.63, 3.8) is 0 Å². The van der Waals surface area contributed by atoms with Crippen molar-refractivity contribution in [2.75, 3.05) is 30.4 Å². The number of allylic oxidation sites excluding steroid dienone is 1. The Morgan fingerprint density at radius 3 is 3.00 bits per heavy atom. The smallest absolute Gasteiger partial charge is 0.224 e. The van der Waals surface area contributed by atoms with Crippen LogP contribution in [0.5, 0.6) is 0 Å². The van der Waals surface area contributed by atoms with Crippen molar-refractivity contribution >= 4 is 11.8 Å². The van der Waals surface area contributed by atoms with Gasteiger partial charge in [-0.3, -0.25) is 0 Å². The van der Waals surface area contributed by atoms with Gasteiger partial charge in [0.2, 0.25) is 5.95 Å². The monoisotopic (exact) mass is 288 g/mol. The summed E-state index contributed by atoms with van der Waals surface area (Å²) in [5.41, 5.74) is 1.59. The zero-order valence-electron chi connectivity index (χ0n) is 13.4. The van der Waals surface area contributed by atoms with Gasteiger partial charge in [-0.15, -0.1) is 0 Å². The first kappa shape index (κ1) is 15.8. The molecule has 0 amide bonds. The van der Waals surface area contributed by atoms with Crippen LogP contribution in [0.2, 0.25) is 0 Å². The Morgan fingerprint density at radius 1 is 1.33 bits per heavy atom. The lowest BCUT2D eigenvalue weighted by molar-refractivity contribution is 0.679. The van der Waals surface area contributed by atoms with Gasteiger partial charge in [0.25, 0.3) is 0 Å². The molecule has 1 aromatic rings. The fourth-order valence-corrected chi connectivity index (χ4v) is 2.62. The molecule has 4 nitrogen and oxygen atoms in total. The quantitative estimate of drug-likeness (QED) is 0.734. The van der Waals surface area contributed by atoms with Crippen molar-refractivity contribution < 1.29 is 0 Å². The van der Waals surface area contributed by atoms with Gasteiger partial charge in [-0.2, -0.15) is 4.98 Å². The molecule has 21 heavy (non-hydrogen) atoms. The van der Waals surface area contributed by atoms with Crippen LogP contribution in [0.15, 0.2) is 23.9 Å². The van der Waals surface area contributed by atoms with Gasteiger partial charge in [0.1, 0.15) is 5.82 Å². The molecular formula is C17H28N4. The number of aromatic nitrogens is 2. The number of nitrogens with zero attached hydrogens (tertiary/aromatic N) is 3. The Morgan fingerprint density at radius 2 is 2.24 bits per heavy atom. The highest BCUT2D eigenvalue weighted by Gasteiger charge is 2.06. The molecule has 0 aromatic carbocycles. The highest BCUT2D eigenvalue weighted by molar-refractivity contribution is 5.41. The minimum absolute atomic E-state index is 0.743. The highest BCUT2D eigenvalue weighted by Crippen LogP contribution is 2.20. The topological polar surface area (TPSA) is 41.1 Å². The van der Waals surface area contributed by atoms with E-state index in [2.05, 4.69) is 40.2 Å². The molecule has 1 N–H and O–H groups in total. The van der Waals surface area contributed by atoms with Gasteiger partial charge in [-0.05, 0) is 44.6 Å². The molecule has 0 saturated carbocycles. The lowest BCUT2D eigenvalue weighted by atomic mass is 9.97. The van der Waals surface area contributed by atoms with E-state index in [-0.39, 0.29) is 0 Å². The van der Waals surface area contributed by atoms with E-state index in [0.717, 1.165) is 31.3 Å². The fraction of sp³-hybridized carbons (Fsp3) is 0.647. The first-order chi connectivity index (χ1) is 10.3. The zero-order valence-corrected chi connectivity index (χ0v) is 13.4. The van der Waals surface area contributed by atoms with Gasteiger partial charge in [0.15, 0.2) is 0 Å². The average Bonchev–Trinajstić information content (AvgIpc) is 2.54. The summed E-state index contributed by atoms with van der Waals surface area (Å²) >= 11 is 0. The van der Waals surface area contributed by atoms with E-state index in [0.29, 0.717) is 0 Å². The SMILES string of the molecule is CCCCN(C)c1ccnc(NCCC2=CCCCC2)n1. The summed E-state index contributed by atoms with van der Waals surface area (Å²) in [6, 6.07) is 1.98. The zero-order chi connectivity index (χ0) is 14.9. The van der Waals surface area contributed by atoms with E-state index < -0.39 is 0 Å². The van der Waals surface area contributed by atoms with Gasteiger partial charge in [-0.1, -0.05) is 25.0 Å². The summed E-state index contributed by atoms with van der Waals surface area (Å²) in [5.74, 6) is 1.74. The standard InChI is InChI=1S/C17H28N4/c1-3-4-14-21(2)16-11-13-19-17(20-16)18-12-10-15-8-6-5-7-9-15/h8,11,13H,3-7,9-10,12,14H2,1-2H3,(H,18,19,20). The molecule has 1 aliphatic rings. The molecule has 2 rings (SSSR count). The minimum Gasteiger partial charge on any atom is -0.360 e. The van der Waals surface area contributed by atoms with Crippen molar-refractivity contribution in [3.8, 4) is 0 Å². The first-order valence-corrected chi connectivity index (χ1v) is 8.25. The molecule has 0 saturated heterocycles. The minimum atomic E-state index is 0.743. The molecule has 0 fully saturated rings. The van der Waals surface area contributed by atoms with Crippen molar-refractivity contribution in [1.82, 2.24) is 9.97 Å². The van der Waals surface area contributed by atoms with E-state index in [4.69, 9.17) is 0 Å². The van der Waals surface area contributed by atoms with Crippen molar-refractivity contribution in [2.24, 2.45) is 0 Å². The Bertz CT molecular complexity index is 456. The lowest BCUT2D eigenvalue weighted by Gasteiger charge is -2.18. The maximum Gasteiger partial charge on any atom is 0.224 e. The molecule has 4 heteroatoms. The van der Waals surface area contributed by atoms with Crippen LogP contribution >= 0.6 is 0 Å². The van der Waals surface area contributed by atoms with Crippen molar-refractivity contribution in [3.05, 3.63) is 23.9 Å². The third-order valence-corrected chi connectivity index (χ3v) is 3.99. The van der Waals surface area contributed by atoms with Crippen LogP contribution in [0.1, 0.15) is 51.9 Å². The lowest BCUT2D eigenvalue weighted by Crippen LogP contribution is -2.20.